The number of nitrogens with zero attached hydrogens (tertiary/aromatic N) is 3. The van der Waals surface area contributed by atoms with Gasteiger partial charge in [0.25, 0.3) is 5.91 Å². The van der Waals surface area contributed by atoms with Crippen LogP contribution in [0.5, 0.6) is 11.5 Å². The molecule has 0 N–H and O–H groups in total. The number of piperazine rings is 1. The number of amides is 1. The molecule has 0 saturated carbocycles. The van der Waals surface area contributed by atoms with Gasteiger partial charge < -0.3 is 18.9 Å². The Morgan fingerprint density at radius 3 is 2.41 bits per heavy atom. The highest BCUT2D eigenvalue weighted by Crippen LogP contribution is 2.28. The van der Waals surface area contributed by atoms with Gasteiger partial charge in [0.15, 0.2) is 11.5 Å². The fourth-order valence-corrected chi connectivity index (χ4v) is 4.05. The molecule has 6 heteroatoms. The second-order valence-electron chi connectivity index (χ2n) is 7.42. The minimum absolute atomic E-state index is 0.0377. The van der Waals surface area contributed by atoms with Crippen LogP contribution in [0.2, 0.25) is 0 Å². The first-order valence-corrected chi connectivity index (χ1v) is 9.87. The van der Waals surface area contributed by atoms with Gasteiger partial charge in [-0.05, 0) is 29.8 Å². The zero-order valence-electron chi connectivity index (χ0n) is 17.2. The van der Waals surface area contributed by atoms with Gasteiger partial charge >= 0.3 is 0 Å². The fraction of sp³-hybridized carbons (Fsp3) is 0.348. The van der Waals surface area contributed by atoms with Crippen LogP contribution < -0.4 is 9.47 Å². The average molecular weight is 393 g/mol. The maximum absolute atomic E-state index is 12.9. The van der Waals surface area contributed by atoms with Crippen LogP contribution in [0, 0.1) is 0 Å². The Hall–Kier alpha value is -2.99. The third kappa shape index (κ3) is 3.80. The SMILES string of the molecule is COc1ccc(C(=O)N2CCN(Cc3cn(C)c4ccccc34)CC2)cc1OC. The van der Waals surface area contributed by atoms with Gasteiger partial charge in [-0.3, -0.25) is 9.69 Å². The molecule has 1 amide bonds. The lowest BCUT2D eigenvalue weighted by Crippen LogP contribution is -2.48. The smallest absolute Gasteiger partial charge is 0.254 e. The summed E-state index contributed by atoms with van der Waals surface area (Å²) in [5, 5.41) is 1.30. The fourth-order valence-electron chi connectivity index (χ4n) is 4.05. The molecule has 2 aromatic carbocycles. The normalized spacial score (nSPS) is 14.9. The van der Waals surface area contributed by atoms with Crippen molar-refractivity contribution in [2.24, 2.45) is 7.05 Å². The predicted octanol–water partition coefficient (Wildman–Crippen LogP) is 3.15. The lowest BCUT2D eigenvalue weighted by atomic mass is 10.1. The molecular weight excluding hydrogens is 366 g/mol. The van der Waals surface area contributed by atoms with Gasteiger partial charge in [0, 0.05) is 62.4 Å². The summed E-state index contributed by atoms with van der Waals surface area (Å²) in [5.41, 5.74) is 3.22. The largest absolute Gasteiger partial charge is 0.493 e. The third-order valence-corrected chi connectivity index (χ3v) is 5.66. The molecule has 2 heterocycles. The molecule has 29 heavy (non-hydrogen) atoms. The molecule has 152 valence electrons. The Bertz CT molecular complexity index is 1020. The topological polar surface area (TPSA) is 46.9 Å². The molecule has 1 saturated heterocycles. The summed E-state index contributed by atoms with van der Waals surface area (Å²) in [4.78, 5) is 17.3. The van der Waals surface area contributed by atoms with E-state index in [1.165, 1.54) is 16.5 Å². The maximum Gasteiger partial charge on any atom is 0.254 e. The summed E-state index contributed by atoms with van der Waals surface area (Å²) < 4.78 is 12.8. The van der Waals surface area contributed by atoms with Crippen LogP contribution >= 0.6 is 0 Å². The molecular formula is C23H27N3O3. The quantitative estimate of drug-likeness (QED) is 0.668. The molecule has 0 radical (unpaired) electrons. The number of rotatable bonds is 5. The van der Waals surface area contributed by atoms with Crippen molar-refractivity contribution in [3.05, 3.63) is 59.8 Å². The summed E-state index contributed by atoms with van der Waals surface area (Å²) >= 11 is 0. The van der Waals surface area contributed by atoms with Crippen molar-refractivity contribution in [2.45, 2.75) is 6.54 Å². The number of aromatic nitrogens is 1. The molecule has 0 unspecified atom stereocenters. The summed E-state index contributed by atoms with van der Waals surface area (Å²) in [7, 11) is 5.26. The molecule has 1 aromatic heterocycles. The molecule has 0 aliphatic carbocycles. The van der Waals surface area contributed by atoms with E-state index in [1.54, 1.807) is 32.4 Å². The Labute approximate surface area is 171 Å². The molecule has 0 spiro atoms. The zero-order chi connectivity index (χ0) is 20.4. The number of hydrogen-bond donors (Lipinski definition) is 0. The molecule has 1 aliphatic heterocycles. The van der Waals surface area contributed by atoms with Gasteiger partial charge in [-0.25, -0.2) is 0 Å². The number of aryl methyl sites for hydroxylation is 1. The van der Waals surface area contributed by atoms with Gasteiger partial charge in [0.05, 0.1) is 14.2 Å². The summed E-state index contributed by atoms with van der Waals surface area (Å²) in [6, 6.07) is 13.8. The van der Waals surface area contributed by atoms with E-state index < -0.39 is 0 Å². The van der Waals surface area contributed by atoms with Crippen LogP contribution in [0.1, 0.15) is 15.9 Å². The van der Waals surface area contributed by atoms with Crippen LogP contribution in [0.3, 0.4) is 0 Å². The van der Waals surface area contributed by atoms with Gasteiger partial charge in [-0.15, -0.1) is 0 Å². The van der Waals surface area contributed by atoms with E-state index in [4.69, 9.17) is 9.47 Å². The summed E-state index contributed by atoms with van der Waals surface area (Å²) in [6.07, 6.45) is 2.21. The molecule has 4 rings (SSSR count). The van der Waals surface area contributed by atoms with Crippen LogP contribution in [0.4, 0.5) is 0 Å². The highest BCUT2D eigenvalue weighted by Gasteiger charge is 2.23. The lowest BCUT2D eigenvalue weighted by molar-refractivity contribution is 0.0628. The average Bonchev–Trinajstić information content (AvgIpc) is 3.08. The second-order valence-corrected chi connectivity index (χ2v) is 7.42. The minimum Gasteiger partial charge on any atom is -0.493 e. The van der Waals surface area contributed by atoms with E-state index in [9.17, 15) is 4.79 Å². The number of ether oxygens (including phenoxy) is 2. The number of carbonyl (C=O) groups is 1. The van der Waals surface area contributed by atoms with Crippen LogP contribution in [-0.4, -0.2) is 60.7 Å². The van der Waals surface area contributed by atoms with Crippen molar-refractivity contribution in [1.82, 2.24) is 14.4 Å². The van der Waals surface area contributed by atoms with Crippen molar-refractivity contribution in [1.29, 1.82) is 0 Å². The number of carbonyl (C=O) groups excluding carboxylic acids is 1. The number of para-hydroxylation sites is 1. The highest BCUT2D eigenvalue weighted by atomic mass is 16.5. The van der Waals surface area contributed by atoms with Crippen LogP contribution in [0.25, 0.3) is 10.9 Å². The van der Waals surface area contributed by atoms with Crippen molar-refractivity contribution >= 4 is 16.8 Å². The summed E-state index contributed by atoms with van der Waals surface area (Å²) in [6.45, 7) is 4.07. The van der Waals surface area contributed by atoms with Gasteiger partial charge in [-0.1, -0.05) is 18.2 Å². The number of benzene rings is 2. The third-order valence-electron chi connectivity index (χ3n) is 5.66. The Kier molecular flexibility index (Phi) is 5.45. The minimum atomic E-state index is 0.0377. The van der Waals surface area contributed by atoms with E-state index in [0.717, 1.165) is 32.7 Å². The molecule has 6 nitrogen and oxygen atoms in total. The number of methoxy groups -OCH3 is 2. The van der Waals surface area contributed by atoms with E-state index in [2.05, 4.69) is 47.0 Å². The lowest BCUT2D eigenvalue weighted by Gasteiger charge is -2.34. The number of fused-ring (bicyclic) bond motifs is 1. The van der Waals surface area contributed by atoms with E-state index in [0.29, 0.717) is 17.1 Å². The Morgan fingerprint density at radius 2 is 1.69 bits per heavy atom. The van der Waals surface area contributed by atoms with Crippen molar-refractivity contribution < 1.29 is 14.3 Å². The second kappa shape index (κ2) is 8.17. The van der Waals surface area contributed by atoms with Crippen molar-refractivity contribution in [2.75, 3.05) is 40.4 Å². The van der Waals surface area contributed by atoms with Gasteiger partial charge in [0.2, 0.25) is 0 Å². The predicted molar refractivity (Wildman–Crippen MR) is 114 cm³/mol. The zero-order valence-corrected chi connectivity index (χ0v) is 17.2. The van der Waals surface area contributed by atoms with E-state index >= 15 is 0 Å². The van der Waals surface area contributed by atoms with Crippen LogP contribution in [-0.2, 0) is 13.6 Å². The standard InChI is InChI=1S/C23H27N3O3/c1-24-15-18(19-6-4-5-7-20(19)24)16-25-10-12-26(13-11-25)23(27)17-8-9-21(28-2)22(14-17)29-3/h4-9,14-15H,10-13,16H2,1-3H3. The van der Waals surface area contributed by atoms with Gasteiger partial charge in [0.1, 0.15) is 0 Å². The summed E-state index contributed by atoms with van der Waals surface area (Å²) in [5.74, 6) is 1.24. The molecule has 0 atom stereocenters. The van der Waals surface area contributed by atoms with E-state index in [1.807, 2.05) is 4.90 Å². The van der Waals surface area contributed by atoms with Crippen molar-refractivity contribution in [3.8, 4) is 11.5 Å². The maximum atomic E-state index is 12.9. The first-order valence-electron chi connectivity index (χ1n) is 9.87. The Morgan fingerprint density at radius 1 is 0.966 bits per heavy atom. The monoisotopic (exact) mass is 393 g/mol. The molecule has 1 aliphatic rings. The molecule has 1 fully saturated rings. The van der Waals surface area contributed by atoms with E-state index in [-0.39, 0.29) is 5.91 Å². The highest BCUT2D eigenvalue weighted by molar-refractivity contribution is 5.95. The number of hydrogen-bond acceptors (Lipinski definition) is 4. The Balaban J connectivity index is 1.41. The molecule has 0 bridgehead atoms. The molecule has 3 aromatic rings. The van der Waals surface area contributed by atoms with Gasteiger partial charge in [-0.2, -0.15) is 0 Å². The first kappa shape index (κ1) is 19.3. The van der Waals surface area contributed by atoms with Crippen LogP contribution in [0.15, 0.2) is 48.7 Å². The first-order chi connectivity index (χ1) is 14.1. The van der Waals surface area contributed by atoms with Crippen molar-refractivity contribution in [3.63, 3.8) is 0 Å².